The molecule has 1 fully saturated rings. The van der Waals surface area contributed by atoms with Gasteiger partial charge in [0.05, 0.1) is 13.2 Å². The molecular weight excluding hydrogens is 469 g/mol. The quantitative estimate of drug-likeness (QED) is 0.323. The number of hydrogen-bond donors (Lipinski definition) is 2. The number of amides is 1. The Kier molecular flexibility index (Phi) is 11.2. The van der Waals surface area contributed by atoms with E-state index in [-0.39, 0.29) is 35.9 Å². The van der Waals surface area contributed by atoms with E-state index in [0.717, 1.165) is 25.4 Å². The molecule has 0 aromatic heterocycles. The number of ether oxygens (including phenoxy) is 1. The molecule has 1 aromatic rings. The van der Waals surface area contributed by atoms with Crippen molar-refractivity contribution in [2.75, 3.05) is 54.4 Å². The summed E-state index contributed by atoms with van der Waals surface area (Å²) in [6, 6.07) is 8.42. The highest BCUT2D eigenvalue weighted by Crippen LogP contribution is 2.31. The average Bonchev–Trinajstić information content (AvgIpc) is 3.21. The lowest BCUT2D eigenvalue weighted by Crippen LogP contribution is -2.43. The fourth-order valence-electron chi connectivity index (χ4n) is 3.36. The molecule has 1 amide bonds. The fourth-order valence-corrected chi connectivity index (χ4v) is 3.36. The molecule has 28 heavy (non-hydrogen) atoms. The molecule has 1 aliphatic rings. The number of carbonyl (C=O) groups excluding carboxylic acids is 1. The minimum Gasteiger partial charge on any atom is -0.496 e. The zero-order chi connectivity index (χ0) is 19.6. The number of halogens is 1. The predicted octanol–water partition coefficient (Wildman–Crippen LogP) is 2.09. The van der Waals surface area contributed by atoms with Gasteiger partial charge in [0.2, 0.25) is 5.91 Å². The Labute approximate surface area is 185 Å². The summed E-state index contributed by atoms with van der Waals surface area (Å²) in [7, 11) is 7.00. The number of likely N-dealkylation sites (tertiary alicyclic amines) is 1. The van der Waals surface area contributed by atoms with Crippen LogP contribution in [0.15, 0.2) is 29.3 Å². The van der Waals surface area contributed by atoms with E-state index in [1.807, 2.05) is 12.1 Å². The first-order valence-corrected chi connectivity index (χ1v) is 9.58. The maximum absolute atomic E-state index is 11.7. The van der Waals surface area contributed by atoms with Crippen molar-refractivity contribution in [2.45, 2.75) is 25.3 Å². The van der Waals surface area contributed by atoms with Crippen LogP contribution in [0.25, 0.3) is 0 Å². The van der Waals surface area contributed by atoms with Crippen LogP contribution in [0.1, 0.15) is 30.9 Å². The highest BCUT2D eigenvalue weighted by Gasteiger charge is 2.26. The number of nitrogens with one attached hydrogen (secondary N) is 2. The topological polar surface area (TPSA) is 69.2 Å². The Morgan fingerprint density at radius 2 is 1.93 bits per heavy atom. The van der Waals surface area contributed by atoms with Crippen LogP contribution < -0.4 is 15.4 Å². The molecule has 1 saturated heterocycles. The Morgan fingerprint density at radius 3 is 2.54 bits per heavy atom. The van der Waals surface area contributed by atoms with Gasteiger partial charge in [-0.3, -0.25) is 14.7 Å². The molecule has 1 aromatic carbocycles. The highest BCUT2D eigenvalue weighted by molar-refractivity contribution is 14.0. The van der Waals surface area contributed by atoms with Gasteiger partial charge < -0.3 is 20.3 Å². The summed E-state index contributed by atoms with van der Waals surface area (Å²) >= 11 is 0. The van der Waals surface area contributed by atoms with Gasteiger partial charge in [0, 0.05) is 46.2 Å². The molecule has 0 radical (unpaired) electrons. The van der Waals surface area contributed by atoms with Crippen molar-refractivity contribution in [2.24, 2.45) is 4.99 Å². The standard InChI is InChI=1S/C20H33N5O2.HI/c1-21-20(22-12-11-19(26)24(2)3)23-15-17(25-13-7-8-14-25)16-9-5-6-10-18(16)27-4;/h5-6,9-10,17H,7-8,11-15H2,1-4H3,(H2,21,22,23);1H. The molecular formula is C20H34IN5O2. The zero-order valence-corrected chi connectivity index (χ0v) is 19.7. The molecule has 158 valence electrons. The molecule has 0 bridgehead atoms. The van der Waals surface area contributed by atoms with Crippen molar-refractivity contribution in [3.63, 3.8) is 0 Å². The van der Waals surface area contributed by atoms with Crippen LogP contribution in [0.5, 0.6) is 5.75 Å². The Morgan fingerprint density at radius 1 is 1.25 bits per heavy atom. The van der Waals surface area contributed by atoms with Gasteiger partial charge >= 0.3 is 0 Å². The summed E-state index contributed by atoms with van der Waals surface area (Å²) in [5, 5.41) is 6.64. The second kappa shape index (κ2) is 12.8. The molecule has 0 spiro atoms. The van der Waals surface area contributed by atoms with Crippen LogP contribution in [-0.4, -0.2) is 76.1 Å². The number of guanidine groups is 1. The molecule has 1 unspecified atom stereocenters. The van der Waals surface area contributed by atoms with Crippen molar-refractivity contribution in [1.29, 1.82) is 0 Å². The molecule has 2 rings (SSSR count). The van der Waals surface area contributed by atoms with Crippen molar-refractivity contribution < 1.29 is 9.53 Å². The van der Waals surface area contributed by atoms with Crippen LogP contribution in [-0.2, 0) is 4.79 Å². The molecule has 1 atom stereocenters. The van der Waals surface area contributed by atoms with Gasteiger partial charge in [-0.1, -0.05) is 18.2 Å². The van der Waals surface area contributed by atoms with Crippen molar-refractivity contribution in [3.05, 3.63) is 29.8 Å². The summed E-state index contributed by atoms with van der Waals surface area (Å²) in [5.41, 5.74) is 1.19. The third-order valence-electron chi connectivity index (χ3n) is 4.90. The van der Waals surface area contributed by atoms with Gasteiger partial charge in [-0.05, 0) is 32.0 Å². The van der Waals surface area contributed by atoms with Crippen LogP contribution >= 0.6 is 24.0 Å². The molecule has 0 saturated carbocycles. The molecule has 1 aliphatic heterocycles. The van der Waals surface area contributed by atoms with Crippen LogP contribution in [0.4, 0.5) is 0 Å². The lowest BCUT2D eigenvalue weighted by atomic mass is 10.0. The largest absolute Gasteiger partial charge is 0.496 e. The van der Waals surface area contributed by atoms with Crippen molar-refractivity contribution >= 4 is 35.8 Å². The molecule has 8 heteroatoms. The summed E-state index contributed by atoms with van der Waals surface area (Å²) in [4.78, 5) is 20.1. The summed E-state index contributed by atoms with van der Waals surface area (Å²) in [5.74, 6) is 1.72. The van der Waals surface area contributed by atoms with Gasteiger partial charge in [-0.25, -0.2) is 0 Å². The minimum absolute atomic E-state index is 0. The van der Waals surface area contributed by atoms with Crippen molar-refractivity contribution in [3.8, 4) is 5.75 Å². The van der Waals surface area contributed by atoms with Crippen LogP contribution in [0.2, 0.25) is 0 Å². The van der Waals surface area contributed by atoms with Crippen LogP contribution in [0.3, 0.4) is 0 Å². The Bertz CT molecular complexity index is 633. The van der Waals surface area contributed by atoms with Gasteiger partial charge in [-0.2, -0.15) is 0 Å². The van der Waals surface area contributed by atoms with E-state index in [4.69, 9.17) is 4.74 Å². The van der Waals surface area contributed by atoms with E-state index in [1.165, 1.54) is 18.4 Å². The Hall–Kier alpha value is -1.55. The summed E-state index contributed by atoms with van der Waals surface area (Å²) in [6.07, 6.45) is 2.90. The van der Waals surface area contributed by atoms with Gasteiger partial charge in [0.25, 0.3) is 0 Å². The van der Waals surface area contributed by atoms with Gasteiger partial charge in [0.1, 0.15) is 5.75 Å². The second-order valence-corrected chi connectivity index (χ2v) is 6.92. The third kappa shape index (κ3) is 7.12. The molecule has 0 aliphatic carbocycles. The van der Waals surface area contributed by atoms with E-state index in [0.29, 0.717) is 18.9 Å². The first-order valence-electron chi connectivity index (χ1n) is 9.58. The lowest BCUT2D eigenvalue weighted by molar-refractivity contribution is -0.128. The van der Waals surface area contributed by atoms with E-state index in [2.05, 4.69) is 32.7 Å². The lowest BCUT2D eigenvalue weighted by Gasteiger charge is -2.30. The highest BCUT2D eigenvalue weighted by atomic mass is 127. The number of rotatable bonds is 8. The SMILES string of the molecule is CN=C(NCCC(=O)N(C)C)NCC(c1ccccc1OC)N1CCCC1.I. The third-order valence-corrected chi connectivity index (χ3v) is 4.90. The number of aliphatic imine (C=N–C) groups is 1. The number of hydrogen-bond acceptors (Lipinski definition) is 4. The average molecular weight is 503 g/mol. The minimum atomic E-state index is 0. The number of benzene rings is 1. The number of nitrogens with zero attached hydrogens (tertiary/aromatic N) is 3. The van der Waals surface area contributed by atoms with E-state index in [9.17, 15) is 4.79 Å². The maximum Gasteiger partial charge on any atom is 0.223 e. The normalized spacial score (nSPS) is 15.5. The number of methoxy groups -OCH3 is 1. The smallest absolute Gasteiger partial charge is 0.223 e. The predicted molar refractivity (Wildman–Crippen MR) is 125 cm³/mol. The summed E-state index contributed by atoms with van der Waals surface area (Å²) in [6.45, 7) is 3.46. The van der Waals surface area contributed by atoms with Crippen LogP contribution in [0, 0.1) is 0 Å². The van der Waals surface area contributed by atoms with E-state index in [1.54, 1.807) is 33.2 Å². The van der Waals surface area contributed by atoms with Crippen molar-refractivity contribution in [1.82, 2.24) is 20.4 Å². The molecule has 2 N–H and O–H groups in total. The second-order valence-electron chi connectivity index (χ2n) is 6.92. The number of carbonyl (C=O) groups is 1. The van der Waals surface area contributed by atoms with E-state index < -0.39 is 0 Å². The summed E-state index contributed by atoms with van der Waals surface area (Å²) < 4.78 is 5.59. The van der Waals surface area contributed by atoms with Gasteiger partial charge in [-0.15, -0.1) is 24.0 Å². The zero-order valence-electron chi connectivity index (χ0n) is 17.4. The molecule has 1 heterocycles. The first kappa shape index (κ1) is 24.5. The monoisotopic (exact) mass is 503 g/mol. The van der Waals surface area contributed by atoms with Gasteiger partial charge in [0.15, 0.2) is 5.96 Å². The fraction of sp³-hybridized carbons (Fsp3) is 0.600. The Balaban J connectivity index is 0.00000392. The maximum atomic E-state index is 11.7. The first-order chi connectivity index (χ1) is 13.1. The molecule has 7 nitrogen and oxygen atoms in total. The number of para-hydroxylation sites is 1. The van der Waals surface area contributed by atoms with E-state index >= 15 is 0 Å².